The number of nitrogens with two attached hydrogens (primary N) is 1. The van der Waals surface area contributed by atoms with Gasteiger partial charge in [-0.15, -0.1) is 0 Å². The van der Waals surface area contributed by atoms with Crippen molar-refractivity contribution in [3.63, 3.8) is 0 Å². The van der Waals surface area contributed by atoms with Crippen LogP contribution in [-0.4, -0.2) is 42.0 Å². The molecule has 0 aromatic rings. The van der Waals surface area contributed by atoms with Crippen LogP contribution in [0.1, 0.15) is 59.8 Å². The lowest BCUT2D eigenvalue weighted by molar-refractivity contribution is -0.124. The number of hydrogen-bond acceptors (Lipinski definition) is 3. The Kier molecular flexibility index (Phi) is 6.46. The molecular weight excluding hydrogens is 250 g/mol. The van der Waals surface area contributed by atoms with E-state index in [1.54, 1.807) is 0 Å². The van der Waals surface area contributed by atoms with Crippen molar-refractivity contribution >= 4 is 5.91 Å². The fraction of sp³-hybridized carbons (Fsp3) is 0.938. The Morgan fingerprint density at radius 3 is 2.40 bits per heavy atom. The van der Waals surface area contributed by atoms with Crippen LogP contribution in [0.5, 0.6) is 0 Å². The summed E-state index contributed by atoms with van der Waals surface area (Å²) >= 11 is 0. The topological polar surface area (TPSA) is 58.4 Å². The predicted molar refractivity (Wildman–Crippen MR) is 84.5 cm³/mol. The molecule has 1 rings (SSSR count). The van der Waals surface area contributed by atoms with Crippen molar-refractivity contribution in [2.75, 3.05) is 13.6 Å². The summed E-state index contributed by atoms with van der Waals surface area (Å²) in [5.41, 5.74) is 4.98. The number of nitrogens with one attached hydrogen (secondary N) is 1. The van der Waals surface area contributed by atoms with Crippen LogP contribution in [0.3, 0.4) is 0 Å². The van der Waals surface area contributed by atoms with E-state index in [4.69, 9.17) is 5.73 Å². The summed E-state index contributed by atoms with van der Waals surface area (Å²) in [6, 6.07) is 1.00. The van der Waals surface area contributed by atoms with Gasteiger partial charge in [0.1, 0.15) is 0 Å². The fourth-order valence-corrected chi connectivity index (χ4v) is 3.39. The molecule has 4 heteroatoms. The smallest absolute Gasteiger partial charge is 0.237 e. The van der Waals surface area contributed by atoms with Gasteiger partial charge in [0.2, 0.25) is 5.91 Å². The number of primary amides is 1. The van der Waals surface area contributed by atoms with Crippen LogP contribution in [0.2, 0.25) is 0 Å². The van der Waals surface area contributed by atoms with Crippen LogP contribution < -0.4 is 11.1 Å². The van der Waals surface area contributed by atoms with Crippen LogP contribution in [-0.2, 0) is 4.79 Å². The van der Waals surface area contributed by atoms with Crippen molar-refractivity contribution in [2.45, 2.75) is 77.4 Å². The standard InChI is InChI=1S/C16H33N3O/c1-6-18-16(4,15(17)20)11-13(3)19(5)14-9-7-12(2)8-10-14/h12-14,18H,6-11H2,1-5H3,(H2,17,20). The van der Waals surface area contributed by atoms with Gasteiger partial charge in [-0.1, -0.05) is 13.8 Å². The Morgan fingerprint density at radius 1 is 1.40 bits per heavy atom. The maximum absolute atomic E-state index is 11.7. The van der Waals surface area contributed by atoms with Crippen LogP contribution in [0.4, 0.5) is 0 Å². The molecule has 3 N–H and O–H groups in total. The minimum absolute atomic E-state index is 0.253. The summed E-state index contributed by atoms with van der Waals surface area (Å²) in [7, 11) is 2.19. The predicted octanol–water partition coefficient (Wildman–Crippen LogP) is 2.13. The largest absolute Gasteiger partial charge is 0.368 e. The Balaban J connectivity index is 2.59. The van der Waals surface area contributed by atoms with E-state index < -0.39 is 5.54 Å². The van der Waals surface area contributed by atoms with Crippen molar-refractivity contribution in [1.29, 1.82) is 0 Å². The van der Waals surface area contributed by atoms with Crippen LogP contribution in [0.15, 0.2) is 0 Å². The zero-order valence-corrected chi connectivity index (χ0v) is 13.9. The second-order valence-electron chi connectivity index (χ2n) is 6.86. The van der Waals surface area contributed by atoms with Crippen molar-refractivity contribution in [2.24, 2.45) is 11.7 Å². The summed E-state index contributed by atoms with van der Waals surface area (Å²) in [4.78, 5) is 14.2. The number of hydrogen-bond donors (Lipinski definition) is 2. The highest BCUT2D eigenvalue weighted by Gasteiger charge is 2.34. The number of nitrogens with zero attached hydrogens (tertiary/aromatic N) is 1. The lowest BCUT2D eigenvalue weighted by atomic mass is 9.85. The van der Waals surface area contributed by atoms with Crippen molar-refractivity contribution in [3.8, 4) is 0 Å². The zero-order chi connectivity index (χ0) is 15.3. The monoisotopic (exact) mass is 283 g/mol. The van der Waals surface area contributed by atoms with Gasteiger partial charge < -0.3 is 16.0 Å². The molecule has 1 saturated carbocycles. The van der Waals surface area contributed by atoms with E-state index in [9.17, 15) is 4.79 Å². The van der Waals surface area contributed by atoms with E-state index in [0.717, 1.165) is 18.9 Å². The van der Waals surface area contributed by atoms with Gasteiger partial charge in [0, 0.05) is 12.1 Å². The molecule has 0 aromatic carbocycles. The molecule has 0 bridgehead atoms. The molecule has 0 saturated heterocycles. The number of rotatable bonds is 7. The minimum Gasteiger partial charge on any atom is -0.368 e. The molecular formula is C16H33N3O. The summed E-state index contributed by atoms with van der Waals surface area (Å²) in [6.07, 6.45) is 5.95. The van der Waals surface area contributed by atoms with Gasteiger partial charge >= 0.3 is 0 Å². The maximum Gasteiger partial charge on any atom is 0.237 e. The van der Waals surface area contributed by atoms with E-state index in [-0.39, 0.29) is 5.91 Å². The van der Waals surface area contributed by atoms with Gasteiger partial charge in [0.15, 0.2) is 0 Å². The minimum atomic E-state index is -0.607. The molecule has 0 aromatic heterocycles. The zero-order valence-electron chi connectivity index (χ0n) is 13.9. The van der Waals surface area contributed by atoms with E-state index in [2.05, 4.69) is 31.1 Å². The molecule has 1 aliphatic rings. The third-order valence-corrected chi connectivity index (χ3v) is 5.07. The SMILES string of the molecule is CCNC(C)(CC(C)N(C)C1CCC(C)CC1)C(N)=O. The van der Waals surface area contributed by atoms with E-state index in [1.165, 1.54) is 25.7 Å². The van der Waals surface area contributed by atoms with Gasteiger partial charge in [0.25, 0.3) is 0 Å². The van der Waals surface area contributed by atoms with Crippen molar-refractivity contribution in [3.05, 3.63) is 0 Å². The van der Waals surface area contributed by atoms with Crippen LogP contribution in [0, 0.1) is 5.92 Å². The van der Waals surface area contributed by atoms with Crippen molar-refractivity contribution in [1.82, 2.24) is 10.2 Å². The summed E-state index contributed by atoms with van der Waals surface area (Å²) < 4.78 is 0. The van der Waals surface area contributed by atoms with E-state index in [1.807, 2.05) is 13.8 Å². The highest BCUT2D eigenvalue weighted by atomic mass is 16.1. The quantitative estimate of drug-likeness (QED) is 0.752. The first-order chi connectivity index (χ1) is 9.30. The van der Waals surface area contributed by atoms with Gasteiger partial charge in [-0.05, 0) is 65.5 Å². The third-order valence-electron chi connectivity index (χ3n) is 5.07. The van der Waals surface area contributed by atoms with Gasteiger partial charge in [0.05, 0.1) is 5.54 Å². The van der Waals surface area contributed by atoms with E-state index >= 15 is 0 Å². The highest BCUT2D eigenvalue weighted by Crippen LogP contribution is 2.28. The van der Waals surface area contributed by atoms with Gasteiger partial charge in [-0.2, -0.15) is 0 Å². The average molecular weight is 283 g/mol. The molecule has 2 unspecified atom stereocenters. The second kappa shape index (κ2) is 7.41. The molecule has 20 heavy (non-hydrogen) atoms. The molecule has 1 amide bonds. The van der Waals surface area contributed by atoms with Gasteiger partial charge in [-0.25, -0.2) is 0 Å². The Morgan fingerprint density at radius 2 is 1.95 bits per heavy atom. The normalized spacial score (nSPS) is 28.1. The molecule has 0 radical (unpaired) electrons. The molecule has 4 nitrogen and oxygen atoms in total. The van der Waals surface area contributed by atoms with E-state index in [0.29, 0.717) is 12.1 Å². The summed E-state index contributed by atoms with van der Waals surface area (Å²) in [6.45, 7) is 9.24. The van der Waals surface area contributed by atoms with Crippen LogP contribution in [0.25, 0.3) is 0 Å². The lowest BCUT2D eigenvalue weighted by Gasteiger charge is -2.40. The lowest BCUT2D eigenvalue weighted by Crippen LogP contribution is -2.56. The maximum atomic E-state index is 11.7. The molecule has 118 valence electrons. The number of carbonyl (C=O) groups is 1. The summed E-state index contributed by atoms with van der Waals surface area (Å²) in [5, 5.41) is 3.25. The summed E-state index contributed by atoms with van der Waals surface area (Å²) in [5.74, 6) is 0.615. The fourth-order valence-electron chi connectivity index (χ4n) is 3.39. The average Bonchev–Trinajstić information content (AvgIpc) is 2.38. The Bertz CT molecular complexity index is 313. The number of likely N-dealkylation sites (N-methyl/N-ethyl adjacent to an activating group) is 1. The highest BCUT2D eigenvalue weighted by molar-refractivity contribution is 5.84. The molecule has 0 aliphatic heterocycles. The van der Waals surface area contributed by atoms with Gasteiger partial charge in [-0.3, -0.25) is 4.79 Å². The molecule has 0 spiro atoms. The first-order valence-electron chi connectivity index (χ1n) is 8.07. The second-order valence-corrected chi connectivity index (χ2v) is 6.86. The molecule has 1 fully saturated rings. The number of amides is 1. The first kappa shape index (κ1) is 17.4. The first-order valence-corrected chi connectivity index (χ1v) is 8.07. The molecule has 0 heterocycles. The third kappa shape index (κ3) is 4.45. The number of carbonyl (C=O) groups excluding carboxylic acids is 1. The molecule has 2 atom stereocenters. The van der Waals surface area contributed by atoms with Crippen molar-refractivity contribution < 1.29 is 4.79 Å². The van der Waals surface area contributed by atoms with Crippen LogP contribution >= 0.6 is 0 Å². The Labute approximate surface area is 124 Å². The molecule has 1 aliphatic carbocycles. The Hall–Kier alpha value is -0.610.